The number of nitrogens with one attached hydrogen (secondary N) is 3. The highest BCUT2D eigenvalue weighted by Gasteiger charge is 2.38. The van der Waals surface area contributed by atoms with Gasteiger partial charge in [-0.25, -0.2) is 13.6 Å². The summed E-state index contributed by atoms with van der Waals surface area (Å²) < 4.78 is 27.2. The van der Waals surface area contributed by atoms with Crippen LogP contribution in [0.3, 0.4) is 0 Å². The fraction of sp³-hybridized carbons (Fsp3) is 0.636. The predicted molar refractivity (Wildman–Crippen MR) is 115 cm³/mol. The monoisotopic (exact) mass is 443 g/mol. The van der Waals surface area contributed by atoms with Gasteiger partial charge in [-0.3, -0.25) is 4.79 Å². The molecule has 0 radical (unpaired) electrons. The first-order valence-electron chi connectivity index (χ1n) is 10.4. The Balaban J connectivity index is 3.09. The molecule has 0 heterocycles. The van der Waals surface area contributed by atoms with Crippen molar-refractivity contribution < 1.29 is 28.6 Å². The Kier molecular flexibility index (Phi) is 9.83. The molecule has 1 aromatic rings. The summed E-state index contributed by atoms with van der Waals surface area (Å²) >= 11 is 0. The van der Waals surface area contributed by atoms with Crippen LogP contribution in [0.2, 0.25) is 0 Å². The summed E-state index contributed by atoms with van der Waals surface area (Å²) in [6, 6.07) is 0.469. The molecular formula is C22H35F2N3O4. The Hall–Kier alpha value is -2.26. The van der Waals surface area contributed by atoms with E-state index in [1.54, 1.807) is 6.92 Å². The van der Waals surface area contributed by atoms with Crippen molar-refractivity contribution in [3.05, 3.63) is 35.4 Å². The Bertz CT molecular complexity index is 733. The van der Waals surface area contributed by atoms with Crippen molar-refractivity contribution in [2.24, 2.45) is 11.3 Å². The van der Waals surface area contributed by atoms with Gasteiger partial charge in [0.15, 0.2) is 0 Å². The van der Waals surface area contributed by atoms with E-state index in [-0.39, 0.29) is 23.8 Å². The molecule has 0 saturated heterocycles. The van der Waals surface area contributed by atoms with Crippen LogP contribution >= 0.6 is 0 Å². The first-order valence-corrected chi connectivity index (χ1v) is 10.4. The molecule has 0 aromatic heterocycles. The van der Waals surface area contributed by atoms with Crippen molar-refractivity contribution in [3.8, 4) is 0 Å². The maximum Gasteiger partial charge on any atom is 0.404 e. The van der Waals surface area contributed by atoms with E-state index in [2.05, 4.69) is 16.0 Å². The molecule has 1 aromatic carbocycles. The minimum absolute atomic E-state index is 0.135. The molecule has 0 bridgehead atoms. The highest BCUT2D eigenvalue weighted by atomic mass is 19.1. The molecule has 0 fully saturated rings. The van der Waals surface area contributed by atoms with E-state index in [1.165, 1.54) is 0 Å². The van der Waals surface area contributed by atoms with Crippen molar-refractivity contribution in [1.29, 1.82) is 0 Å². The molecule has 7 nitrogen and oxygen atoms in total. The number of carbonyl (C=O) groups is 2. The van der Waals surface area contributed by atoms with Crippen LogP contribution < -0.4 is 16.0 Å². The van der Waals surface area contributed by atoms with Crippen LogP contribution in [0.5, 0.6) is 0 Å². The van der Waals surface area contributed by atoms with Crippen molar-refractivity contribution in [3.63, 3.8) is 0 Å². The first-order chi connectivity index (χ1) is 14.2. The Morgan fingerprint density at radius 3 is 2.06 bits per heavy atom. The van der Waals surface area contributed by atoms with Crippen molar-refractivity contribution in [2.45, 2.75) is 72.2 Å². The van der Waals surface area contributed by atoms with Crippen LogP contribution in [-0.2, 0) is 11.2 Å². The lowest BCUT2D eigenvalue weighted by Gasteiger charge is -2.40. The third-order valence-electron chi connectivity index (χ3n) is 4.88. The zero-order chi connectivity index (χ0) is 23.9. The normalized spacial score (nSPS) is 15.8. The molecule has 0 aliphatic heterocycles. The average molecular weight is 444 g/mol. The molecule has 2 amide bonds. The smallest absolute Gasteiger partial charge is 0.404 e. The third-order valence-corrected chi connectivity index (χ3v) is 4.88. The number of aliphatic hydroxyl groups is 1. The Labute approximate surface area is 182 Å². The van der Waals surface area contributed by atoms with Crippen molar-refractivity contribution >= 4 is 12.0 Å². The predicted octanol–water partition coefficient (Wildman–Crippen LogP) is 2.67. The maximum absolute atomic E-state index is 13.6. The second kappa shape index (κ2) is 11.4. The number of hydrogen-bond donors (Lipinski definition) is 5. The minimum Gasteiger partial charge on any atom is -0.465 e. The van der Waals surface area contributed by atoms with Crippen LogP contribution in [0.1, 0.15) is 47.1 Å². The lowest BCUT2D eigenvalue weighted by Crippen LogP contribution is -2.61. The summed E-state index contributed by atoms with van der Waals surface area (Å²) in [6.07, 6.45) is -2.80. The molecule has 0 spiro atoms. The second-order valence-electron chi connectivity index (χ2n) is 9.40. The Morgan fingerprint density at radius 1 is 1.06 bits per heavy atom. The van der Waals surface area contributed by atoms with Gasteiger partial charge in [0, 0.05) is 18.7 Å². The van der Waals surface area contributed by atoms with Gasteiger partial charge in [0.2, 0.25) is 5.91 Å². The second-order valence-corrected chi connectivity index (χ2v) is 9.40. The first kappa shape index (κ1) is 26.8. The van der Waals surface area contributed by atoms with Gasteiger partial charge in [-0.15, -0.1) is 0 Å². The van der Waals surface area contributed by atoms with Crippen LogP contribution in [-0.4, -0.2) is 53.0 Å². The standard InChI is InChI=1S/C22H35F2N3O4/c1-12(2)11-25-20(29)13(3)26-19(22(4,5)6)18(28)17(27-21(30)31)9-14-7-15(23)10-16(24)8-14/h7-8,10,12-13,17-19,26-28H,9,11H2,1-6H3,(H,25,29)(H,30,31)/t13?,17-,18+,19?/m0/s1. The molecule has 9 heteroatoms. The van der Waals surface area contributed by atoms with Crippen LogP contribution in [0.25, 0.3) is 0 Å². The number of hydrogen-bond acceptors (Lipinski definition) is 4. The van der Waals surface area contributed by atoms with Gasteiger partial charge in [0.05, 0.1) is 18.2 Å². The molecule has 2 unspecified atom stereocenters. The molecule has 0 aliphatic rings. The fourth-order valence-electron chi connectivity index (χ4n) is 3.29. The average Bonchev–Trinajstić information content (AvgIpc) is 2.60. The van der Waals surface area contributed by atoms with Gasteiger partial charge >= 0.3 is 6.09 Å². The van der Waals surface area contributed by atoms with Crippen molar-refractivity contribution in [1.82, 2.24) is 16.0 Å². The number of halogens is 2. The Morgan fingerprint density at radius 2 is 1.61 bits per heavy atom. The van der Waals surface area contributed by atoms with Crippen LogP contribution in [0, 0.1) is 23.0 Å². The van der Waals surface area contributed by atoms with E-state index >= 15 is 0 Å². The minimum atomic E-state index is -1.38. The van der Waals surface area contributed by atoms with E-state index in [0.717, 1.165) is 18.2 Å². The molecule has 0 saturated carbocycles. The SMILES string of the molecule is CC(C)CNC(=O)C(C)NC([C@H](O)[C@H](Cc1cc(F)cc(F)c1)NC(=O)O)C(C)(C)C. The van der Waals surface area contributed by atoms with Gasteiger partial charge in [-0.2, -0.15) is 0 Å². The molecule has 176 valence electrons. The summed E-state index contributed by atoms with van der Waals surface area (Å²) in [5, 5.41) is 28.5. The van der Waals surface area contributed by atoms with Crippen LogP contribution in [0.15, 0.2) is 18.2 Å². The van der Waals surface area contributed by atoms with E-state index < -0.39 is 47.4 Å². The number of aliphatic hydroxyl groups excluding tert-OH is 1. The molecule has 4 atom stereocenters. The zero-order valence-corrected chi connectivity index (χ0v) is 19.0. The largest absolute Gasteiger partial charge is 0.465 e. The van der Waals surface area contributed by atoms with Gasteiger partial charge in [-0.1, -0.05) is 34.6 Å². The lowest BCUT2D eigenvalue weighted by molar-refractivity contribution is -0.123. The summed E-state index contributed by atoms with van der Waals surface area (Å²) in [6.45, 7) is 11.6. The zero-order valence-electron chi connectivity index (χ0n) is 19.0. The number of carboxylic acid groups (broad SMARTS) is 1. The summed E-state index contributed by atoms with van der Waals surface area (Å²) in [5.74, 6) is -1.56. The molecule has 1 rings (SSSR count). The van der Waals surface area contributed by atoms with Gasteiger partial charge in [-0.05, 0) is 42.4 Å². The highest BCUT2D eigenvalue weighted by Crippen LogP contribution is 2.25. The highest BCUT2D eigenvalue weighted by molar-refractivity contribution is 5.81. The number of amides is 2. The molecular weight excluding hydrogens is 408 g/mol. The molecule has 5 N–H and O–H groups in total. The quantitative estimate of drug-likeness (QED) is 0.382. The number of rotatable bonds is 10. The molecule has 0 aliphatic carbocycles. The maximum atomic E-state index is 13.6. The molecule has 31 heavy (non-hydrogen) atoms. The fourth-order valence-corrected chi connectivity index (χ4v) is 3.29. The van der Waals surface area contributed by atoms with Gasteiger partial charge in [0.1, 0.15) is 11.6 Å². The van der Waals surface area contributed by atoms with E-state index in [0.29, 0.717) is 6.54 Å². The van der Waals surface area contributed by atoms with Crippen molar-refractivity contribution in [2.75, 3.05) is 6.54 Å². The number of carbonyl (C=O) groups excluding carboxylic acids is 1. The summed E-state index contributed by atoms with van der Waals surface area (Å²) in [7, 11) is 0. The summed E-state index contributed by atoms with van der Waals surface area (Å²) in [5.41, 5.74) is -0.372. The van der Waals surface area contributed by atoms with Gasteiger partial charge < -0.3 is 26.2 Å². The topological polar surface area (TPSA) is 111 Å². The van der Waals surface area contributed by atoms with Gasteiger partial charge in [0.25, 0.3) is 0 Å². The summed E-state index contributed by atoms with van der Waals surface area (Å²) in [4.78, 5) is 23.7. The van der Waals surface area contributed by atoms with E-state index in [4.69, 9.17) is 0 Å². The lowest BCUT2D eigenvalue weighted by atomic mass is 9.79. The van der Waals surface area contributed by atoms with E-state index in [9.17, 15) is 28.6 Å². The van der Waals surface area contributed by atoms with Crippen LogP contribution in [0.4, 0.5) is 13.6 Å². The third kappa shape index (κ3) is 9.18. The number of benzene rings is 1. The van der Waals surface area contributed by atoms with E-state index in [1.807, 2.05) is 34.6 Å².